The lowest BCUT2D eigenvalue weighted by molar-refractivity contribution is -0.140. The van der Waals surface area contributed by atoms with Gasteiger partial charge in [0.1, 0.15) is 6.04 Å². The first-order chi connectivity index (χ1) is 4.09. The predicted molar refractivity (Wildman–Crippen MR) is 42.6 cm³/mol. The zero-order chi connectivity index (χ0) is 7.44. The van der Waals surface area contributed by atoms with Gasteiger partial charge in [-0.2, -0.15) is 0 Å². The third kappa shape index (κ3) is 3.48. The summed E-state index contributed by atoms with van der Waals surface area (Å²) < 4.78 is 0. The summed E-state index contributed by atoms with van der Waals surface area (Å²) >= 11 is 0. The van der Waals surface area contributed by atoms with Crippen LogP contribution in [0.3, 0.4) is 0 Å². The second kappa shape index (κ2) is 5.26. The molecule has 0 saturated carbocycles. The maximum Gasteiger partial charge on any atom is 0.324 e. The van der Waals surface area contributed by atoms with Crippen LogP contribution >= 0.6 is 12.4 Å². The lowest BCUT2D eigenvalue weighted by Gasteiger charge is -2.14. The van der Waals surface area contributed by atoms with E-state index in [1.807, 2.05) is 0 Å². The van der Waals surface area contributed by atoms with Gasteiger partial charge in [0.25, 0.3) is 0 Å². The Morgan fingerprint density at radius 3 is 2.10 bits per heavy atom. The van der Waals surface area contributed by atoms with E-state index >= 15 is 0 Å². The molecular formula is C6H12ClNO2. The molecule has 1 N–H and O–H groups in total. The van der Waals surface area contributed by atoms with E-state index < -0.39 is 12.0 Å². The van der Waals surface area contributed by atoms with Crippen LogP contribution in [0.2, 0.25) is 0 Å². The zero-order valence-electron chi connectivity index (χ0n) is 6.07. The number of nitrogens with zero attached hydrogens (tertiary/aromatic N) is 1. The Labute approximate surface area is 66.7 Å². The van der Waals surface area contributed by atoms with E-state index in [0.717, 1.165) is 0 Å². The summed E-state index contributed by atoms with van der Waals surface area (Å²) in [5.41, 5.74) is 0. The number of carboxylic acid groups (broad SMARTS) is 1. The first kappa shape index (κ1) is 12.2. The highest BCUT2D eigenvalue weighted by molar-refractivity contribution is 5.85. The fourth-order valence-corrected chi connectivity index (χ4v) is 0.533. The summed E-state index contributed by atoms with van der Waals surface area (Å²) in [6.45, 7) is 3.38. The van der Waals surface area contributed by atoms with Gasteiger partial charge in [-0.05, 0) is 14.1 Å². The molecule has 0 aromatic heterocycles. The van der Waals surface area contributed by atoms with Gasteiger partial charge in [-0.1, -0.05) is 6.08 Å². The minimum absolute atomic E-state index is 0. The molecule has 3 nitrogen and oxygen atoms in total. The van der Waals surface area contributed by atoms with Gasteiger partial charge in [-0.25, -0.2) is 0 Å². The first-order valence-corrected chi connectivity index (χ1v) is 2.61. The maximum atomic E-state index is 10.3. The molecule has 0 amide bonds. The van der Waals surface area contributed by atoms with Crippen LogP contribution in [0.1, 0.15) is 0 Å². The van der Waals surface area contributed by atoms with Gasteiger partial charge in [0.2, 0.25) is 0 Å². The van der Waals surface area contributed by atoms with E-state index in [4.69, 9.17) is 5.11 Å². The molecule has 0 aliphatic heterocycles. The van der Waals surface area contributed by atoms with Gasteiger partial charge >= 0.3 is 5.97 Å². The molecule has 0 radical (unpaired) electrons. The lowest BCUT2D eigenvalue weighted by atomic mass is 10.3. The van der Waals surface area contributed by atoms with Crippen molar-refractivity contribution in [3.63, 3.8) is 0 Å². The molecule has 0 aliphatic carbocycles. The Morgan fingerprint density at radius 1 is 1.70 bits per heavy atom. The summed E-state index contributed by atoms with van der Waals surface area (Å²) in [7, 11) is 3.39. The van der Waals surface area contributed by atoms with Crippen LogP contribution in [0.25, 0.3) is 0 Å². The summed E-state index contributed by atoms with van der Waals surface area (Å²) in [6, 6.07) is -0.565. The van der Waals surface area contributed by atoms with Crippen LogP contribution in [0, 0.1) is 0 Å². The Kier molecular flexibility index (Phi) is 6.40. The zero-order valence-corrected chi connectivity index (χ0v) is 6.89. The molecule has 0 aromatic rings. The molecule has 0 heterocycles. The number of carbonyl (C=O) groups is 1. The van der Waals surface area contributed by atoms with Crippen molar-refractivity contribution in [2.45, 2.75) is 6.04 Å². The average molecular weight is 166 g/mol. The molecule has 0 saturated heterocycles. The van der Waals surface area contributed by atoms with Crippen LogP contribution in [0.5, 0.6) is 0 Å². The van der Waals surface area contributed by atoms with Gasteiger partial charge in [0.15, 0.2) is 0 Å². The molecule has 1 unspecified atom stereocenters. The minimum atomic E-state index is -0.866. The van der Waals surface area contributed by atoms with Crippen LogP contribution in [-0.4, -0.2) is 36.1 Å². The average Bonchev–Trinajstić information content (AvgIpc) is 1.64. The molecule has 0 bridgehead atoms. The Bertz CT molecular complexity index is 125. The van der Waals surface area contributed by atoms with Crippen molar-refractivity contribution in [3.05, 3.63) is 12.7 Å². The molecule has 0 aliphatic rings. The van der Waals surface area contributed by atoms with Crippen LogP contribution in [0.4, 0.5) is 0 Å². The highest BCUT2D eigenvalue weighted by atomic mass is 35.5. The van der Waals surface area contributed by atoms with E-state index in [1.54, 1.807) is 19.0 Å². The van der Waals surface area contributed by atoms with Gasteiger partial charge in [0, 0.05) is 0 Å². The number of hydrogen-bond donors (Lipinski definition) is 1. The van der Waals surface area contributed by atoms with E-state index in [2.05, 4.69) is 6.58 Å². The molecule has 1 atom stereocenters. The predicted octanol–water partition coefficient (Wildman–Crippen LogP) is 0.609. The van der Waals surface area contributed by atoms with Crippen molar-refractivity contribution in [1.29, 1.82) is 0 Å². The molecule has 10 heavy (non-hydrogen) atoms. The number of aliphatic carboxylic acids is 1. The lowest BCUT2D eigenvalue weighted by Crippen LogP contribution is -2.33. The first-order valence-electron chi connectivity index (χ1n) is 2.61. The van der Waals surface area contributed by atoms with Crippen molar-refractivity contribution in [3.8, 4) is 0 Å². The van der Waals surface area contributed by atoms with Gasteiger partial charge < -0.3 is 5.11 Å². The van der Waals surface area contributed by atoms with Crippen molar-refractivity contribution < 1.29 is 9.90 Å². The SMILES string of the molecule is C=CC(C(=O)O)N(C)C.Cl. The largest absolute Gasteiger partial charge is 0.480 e. The van der Waals surface area contributed by atoms with E-state index in [0.29, 0.717) is 0 Å². The summed E-state index contributed by atoms with van der Waals surface area (Å²) in [6.07, 6.45) is 1.39. The third-order valence-electron chi connectivity index (χ3n) is 1.03. The van der Waals surface area contributed by atoms with Crippen molar-refractivity contribution in [1.82, 2.24) is 4.90 Å². The van der Waals surface area contributed by atoms with E-state index in [-0.39, 0.29) is 12.4 Å². The van der Waals surface area contributed by atoms with Crippen molar-refractivity contribution >= 4 is 18.4 Å². The molecule has 0 fully saturated rings. The van der Waals surface area contributed by atoms with Gasteiger partial charge in [-0.15, -0.1) is 19.0 Å². The smallest absolute Gasteiger partial charge is 0.324 e. The molecule has 0 aromatic carbocycles. The summed E-state index contributed by atoms with van der Waals surface area (Å²) in [5.74, 6) is -0.866. The molecule has 60 valence electrons. The van der Waals surface area contributed by atoms with Crippen LogP contribution in [-0.2, 0) is 4.79 Å². The van der Waals surface area contributed by atoms with Gasteiger partial charge in [0.05, 0.1) is 0 Å². The second-order valence-electron chi connectivity index (χ2n) is 1.98. The fourth-order valence-electron chi connectivity index (χ4n) is 0.533. The topological polar surface area (TPSA) is 40.5 Å². The normalized spacial score (nSPS) is 11.9. The Hall–Kier alpha value is -0.540. The molecule has 0 rings (SSSR count). The maximum absolute atomic E-state index is 10.3. The van der Waals surface area contributed by atoms with E-state index in [9.17, 15) is 4.79 Å². The van der Waals surface area contributed by atoms with Crippen LogP contribution in [0.15, 0.2) is 12.7 Å². The highest BCUT2D eigenvalue weighted by Crippen LogP contribution is 1.92. The van der Waals surface area contributed by atoms with Crippen LogP contribution < -0.4 is 0 Å². The summed E-state index contributed by atoms with van der Waals surface area (Å²) in [4.78, 5) is 11.8. The number of likely N-dealkylation sites (N-methyl/N-ethyl adjacent to an activating group) is 1. The van der Waals surface area contributed by atoms with Gasteiger partial charge in [-0.3, -0.25) is 9.69 Å². The number of halogens is 1. The third-order valence-corrected chi connectivity index (χ3v) is 1.03. The highest BCUT2D eigenvalue weighted by Gasteiger charge is 2.13. The van der Waals surface area contributed by atoms with E-state index in [1.165, 1.54) is 6.08 Å². The number of rotatable bonds is 3. The quantitative estimate of drug-likeness (QED) is 0.623. The Morgan fingerprint density at radius 2 is 2.10 bits per heavy atom. The minimum Gasteiger partial charge on any atom is -0.480 e. The van der Waals surface area contributed by atoms with Crippen molar-refractivity contribution in [2.24, 2.45) is 0 Å². The monoisotopic (exact) mass is 165 g/mol. The number of carboxylic acids is 1. The summed E-state index contributed by atoms with van der Waals surface area (Å²) in [5, 5.41) is 8.43. The molecule has 0 spiro atoms. The standard InChI is InChI=1S/C6H11NO2.ClH/c1-4-5(6(8)9)7(2)3;/h4-5H,1H2,2-3H3,(H,8,9);1H. The number of hydrogen-bond acceptors (Lipinski definition) is 2. The molecule has 4 heteroatoms. The van der Waals surface area contributed by atoms with Crippen molar-refractivity contribution in [2.75, 3.05) is 14.1 Å². The second-order valence-corrected chi connectivity index (χ2v) is 1.98. The fraction of sp³-hybridized carbons (Fsp3) is 0.500. The Balaban J connectivity index is 0. The molecular weight excluding hydrogens is 154 g/mol.